The number of benzene rings is 2. The number of oxime groups is 1. The van der Waals surface area contributed by atoms with E-state index in [4.69, 9.17) is 28.9 Å². The lowest BCUT2D eigenvalue weighted by Crippen LogP contribution is -2.70. The summed E-state index contributed by atoms with van der Waals surface area (Å²) in [6.45, 7) is 11.2. The van der Waals surface area contributed by atoms with E-state index in [-0.39, 0.29) is 55.4 Å². The molecule has 2 aromatic carbocycles. The Hall–Kier alpha value is -4.11. The van der Waals surface area contributed by atoms with Gasteiger partial charge in [0.15, 0.2) is 0 Å². The SMILES string of the molecule is C=CCOc1ccc2c(c1)[C@H]1[C@H](CCCCO)[C@@H](CCCCO)C=C3C(=NOC4CCCCO4)C[C@H](N(CCC)S(=O)(=O)c4cccc5cccnc45)[C@@](OCC=C)(O2)[C@H]31. The van der Waals surface area contributed by atoms with E-state index in [1.807, 2.05) is 37.3 Å². The number of sulfonamides is 1. The molecule has 2 aliphatic carbocycles. The number of para-hydroxylation sites is 1. The number of rotatable bonds is 21. The summed E-state index contributed by atoms with van der Waals surface area (Å²) in [5.41, 5.74) is 2.84. The lowest BCUT2D eigenvalue weighted by Gasteiger charge is -2.59. The predicted molar refractivity (Wildman–Crippen MR) is 231 cm³/mol. The van der Waals surface area contributed by atoms with Crippen molar-refractivity contribution in [1.82, 2.24) is 9.29 Å². The summed E-state index contributed by atoms with van der Waals surface area (Å²) in [4.78, 5) is 10.9. The number of aliphatic hydroxyl groups is 2. The molecule has 1 unspecified atom stereocenters. The number of ether oxygens (including phenoxy) is 4. The standard InChI is InChI=1S/C47H61N3O9S/c1-4-24-50(60(53,54)41-19-13-16-33-17-14-23-48-46(33)41)42-32-39(49-59-43-20-9-12-29-56-43)37-30-34(15-7-10-25-51)36(18-8-11-26-52)44-38-31-35(55-27-5-2)21-22-40(38)58-47(42,45(37)44)57-28-6-3/h5-6,13-14,16-17,19,21-23,30-31,34,36,42-45,51-52H,2-4,7-12,15,18,20,24-29,32H2,1H3/t34-,36+,42-,43?,44+,45+,47+/m0/s1. The zero-order valence-electron chi connectivity index (χ0n) is 34.8. The highest BCUT2D eigenvalue weighted by atomic mass is 32.2. The molecule has 60 heavy (non-hydrogen) atoms. The van der Waals surface area contributed by atoms with Crippen molar-refractivity contribution in [3.05, 3.63) is 97.3 Å². The molecule has 0 amide bonds. The fourth-order valence-electron chi connectivity index (χ4n) is 9.86. The molecule has 0 radical (unpaired) electrons. The Kier molecular flexibility index (Phi) is 14.8. The third-order valence-electron chi connectivity index (χ3n) is 12.4. The number of pyridine rings is 1. The maximum absolute atomic E-state index is 15.5. The van der Waals surface area contributed by atoms with Crippen molar-refractivity contribution >= 4 is 26.6 Å². The molecule has 12 nitrogen and oxygen atoms in total. The Morgan fingerprint density at radius 3 is 2.57 bits per heavy atom. The van der Waals surface area contributed by atoms with Crippen LogP contribution in [0, 0.1) is 17.8 Å². The molecular weight excluding hydrogens is 783 g/mol. The van der Waals surface area contributed by atoms with E-state index in [0.29, 0.717) is 67.0 Å². The fraction of sp³-hybridized carbons (Fsp3) is 0.532. The lowest BCUT2D eigenvalue weighted by molar-refractivity contribution is -0.251. The summed E-state index contributed by atoms with van der Waals surface area (Å²) >= 11 is 0. The number of nitrogens with zero attached hydrogens (tertiary/aromatic N) is 3. The lowest BCUT2D eigenvalue weighted by atomic mass is 9.55. The second-order valence-corrected chi connectivity index (χ2v) is 18.1. The third-order valence-corrected chi connectivity index (χ3v) is 14.3. The molecule has 4 aliphatic rings. The molecule has 3 aromatic rings. The number of unbranched alkanes of at least 4 members (excludes halogenated alkanes) is 2. The Bertz CT molecular complexity index is 2110. The van der Waals surface area contributed by atoms with Crippen LogP contribution in [0.1, 0.15) is 89.0 Å². The van der Waals surface area contributed by atoms with Crippen LogP contribution in [0.4, 0.5) is 0 Å². The molecule has 3 heterocycles. The molecule has 7 rings (SSSR count). The highest BCUT2D eigenvalue weighted by molar-refractivity contribution is 7.89. The van der Waals surface area contributed by atoms with Gasteiger partial charge >= 0.3 is 0 Å². The largest absolute Gasteiger partial charge is 0.490 e. The Morgan fingerprint density at radius 2 is 1.82 bits per heavy atom. The molecule has 1 saturated heterocycles. The first-order valence-corrected chi connectivity index (χ1v) is 23.2. The van der Waals surface area contributed by atoms with Gasteiger partial charge in [0, 0.05) is 55.7 Å². The van der Waals surface area contributed by atoms with Gasteiger partial charge in [0.1, 0.15) is 23.0 Å². The summed E-state index contributed by atoms with van der Waals surface area (Å²) in [5.74, 6) is -1.03. The number of aliphatic hydroxyl groups excluding tert-OH is 2. The van der Waals surface area contributed by atoms with Crippen molar-refractivity contribution in [1.29, 1.82) is 0 Å². The summed E-state index contributed by atoms with van der Waals surface area (Å²) < 4.78 is 59.1. The quantitative estimate of drug-likeness (QED) is 0.0613. The van der Waals surface area contributed by atoms with Crippen molar-refractivity contribution < 1.29 is 42.4 Å². The van der Waals surface area contributed by atoms with Crippen molar-refractivity contribution in [2.75, 3.05) is 39.6 Å². The average Bonchev–Trinajstić information content (AvgIpc) is 3.27. The molecule has 7 atom stereocenters. The van der Waals surface area contributed by atoms with Crippen molar-refractivity contribution in [3.8, 4) is 11.5 Å². The molecule has 1 saturated carbocycles. The minimum atomic E-state index is -4.27. The summed E-state index contributed by atoms with van der Waals surface area (Å²) in [6.07, 6.45) is 14.5. The predicted octanol–water partition coefficient (Wildman–Crippen LogP) is 8.06. The van der Waals surface area contributed by atoms with Crippen LogP contribution >= 0.6 is 0 Å². The molecular formula is C47H61N3O9S. The number of hydrogen-bond donors (Lipinski definition) is 2. The van der Waals surface area contributed by atoms with E-state index in [0.717, 1.165) is 49.7 Å². The smallest absolute Gasteiger partial charge is 0.245 e. The molecule has 2 fully saturated rings. The second-order valence-electron chi connectivity index (χ2n) is 16.2. The van der Waals surface area contributed by atoms with E-state index < -0.39 is 34.1 Å². The third kappa shape index (κ3) is 8.94. The van der Waals surface area contributed by atoms with Crippen molar-refractivity contribution in [2.45, 2.75) is 106 Å². The van der Waals surface area contributed by atoms with E-state index in [9.17, 15) is 10.2 Å². The first-order valence-electron chi connectivity index (χ1n) is 21.8. The average molecular weight is 844 g/mol. The summed E-state index contributed by atoms with van der Waals surface area (Å²) in [7, 11) is -4.27. The van der Waals surface area contributed by atoms with E-state index in [1.54, 1.807) is 40.9 Å². The van der Waals surface area contributed by atoms with Gasteiger partial charge in [-0.15, -0.1) is 6.58 Å². The van der Waals surface area contributed by atoms with E-state index >= 15 is 8.42 Å². The van der Waals surface area contributed by atoms with Gasteiger partial charge < -0.3 is 34.0 Å². The van der Waals surface area contributed by atoms with Crippen LogP contribution in [0.15, 0.2) is 102 Å². The van der Waals surface area contributed by atoms with Crippen LogP contribution in [0.5, 0.6) is 11.5 Å². The van der Waals surface area contributed by atoms with Crippen LogP contribution in [-0.4, -0.2) is 91.3 Å². The van der Waals surface area contributed by atoms with Crippen LogP contribution < -0.4 is 9.47 Å². The van der Waals surface area contributed by atoms with Crippen LogP contribution in [0.2, 0.25) is 0 Å². The highest BCUT2D eigenvalue weighted by Gasteiger charge is 2.66. The zero-order chi connectivity index (χ0) is 42.1. The van der Waals surface area contributed by atoms with Gasteiger partial charge in [0.2, 0.25) is 22.1 Å². The summed E-state index contributed by atoms with van der Waals surface area (Å²) in [5, 5.41) is 25.5. The number of aromatic nitrogens is 1. The molecule has 13 heteroatoms. The van der Waals surface area contributed by atoms with Gasteiger partial charge in [0.05, 0.1) is 36.4 Å². The molecule has 1 aromatic heterocycles. The Balaban J connectivity index is 1.49. The number of fused-ring (bicyclic) bond motifs is 3. The maximum Gasteiger partial charge on any atom is 0.245 e. The fourth-order valence-corrected chi connectivity index (χ4v) is 11.8. The van der Waals surface area contributed by atoms with Crippen LogP contribution in [0.25, 0.3) is 10.9 Å². The monoisotopic (exact) mass is 843 g/mol. The maximum atomic E-state index is 15.5. The molecule has 2 N–H and O–H groups in total. The topological polar surface area (TPSA) is 149 Å². The second kappa shape index (κ2) is 20.2. The van der Waals surface area contributed by atoms with Crippen molar-refractivity contribution in [3.63, 3.8) is 0 Å². The van der Waals surface area contributed by atoms with E-state index in [1.165, 1.54) is 0 Å². The Labute approximate surface area is 355 Å². The van der Waals surface area contributed by atoms with Gasteiger partial charge in [-0.2, -0.15) is 4.31 Å². The van der Waals surface area contributed by atoms with E-state index in [2.05, 4.69) is 24.2 Å². The summed E-state index contributed by atoms with van der Waals surface area (Å²) in [6, 6.07) is 13.8. The minimum Gasteiger partial charge on any atom is -0.490 e. The van der Waals surface area contributed by atoms with Crippen LogP contribution in [0.3, 0.4) is 0 Å². The van der Waals surface area contributed by atoms with Crippen molar-refractivity contribution in [2.24, 2.45) is 22.9 Å². The first kappa shape index (κ1) is 44.0. The number of allylic oxidation sites excluding steroid dienone is 1. The molecule has 0 bridgehead atoms. The minimum absolute atomic E-state index is 0.0223. The van der Waals surface area contributed by atoms with Gasteiger partial charge in [-0.25, -0.2) is 8.42 Å². The zero-order valence-corrected chi connectivity index (χ0v) is 35.6. The highest BCUT2D eigenvalue weighted by Crippen LogP contribution is 2.62. The number of hydrogen-bond acceptors (Lipinski definition) is 11. The van der Waals surface area contributed by atoms with Gasteiger partial charge in [-0.05, 0) is 92.7 Å². The van der Waals surface area contributed by atoms with Gasteiger partial charge in [-0.3, -0.25) is 4.98 Å². The first-order chi connectivity index (χ1) is 29.3. The molecule has 2 aliphatic heterocycles. The van der Waals surface area contributed by atoms with Gasteiger partial charge in [0.25, 0.3) is 0 Å². The van der Waals surface area contributed by atoms with Gasteiger partial charge in [-0.1, -0.05) is 67.9 Å². The Morgan fingerprint density at radius 1 is 1.02 bits per heavy atom. The normalized spacial score (nSPS) is 26.8. The van der Waals surface area contributed by atoms with Crippen LogP contribution in [-0.2, 0) is 24.3 Å². The molecule has 0 spiro atoms. The molecule has 324 valence electrons.